The third kappa shape index (κ3) is 2.84. The average molecular weight is 366 g/mol. The van der Waals surface area contributed by atoms with E-state index in [2.05, 4.69) is 15.3 Å². The molecule has 4 rings (SSSR count). The quantitative estimate of drug-likeness (QED) is 0.647. The fourth-order valence-electron chi connectivity index (χ4n) is 2.68. The maximum Gasteiger partial charge on any atom is 0.258 e. The van der Waals surface area contributed by atoms with Gasteiger partial charge in [0.15, 0.2) is 0 Å². The second-order valence-electron chi connectivity index (χ2n) is 5.67. The van der Waals surface area contributed by atoms with Crippen LogP contribution in [0.4, 0.5) is 5.69 Å². The second kappa shape index (κ2) is 5.82. The molecule has 0 radical (unpaired) electrons. The lowest BCUT2D eigenvalue weighted by Crippen LogP contribution is -2.11. The minimum atomic E-state index is -0.267. The number of benzene rings is 1. The van der Waals surface area contributed by atoms with Crippen molar-refractivity contribution in [3.63, 3.8) is 0 Å². The molecule has 2 aromatic heterocycles. The van der Waals surface area contributed by atoms with Gasteiger partial charge in [0.2, 0.25) is 0 Å². The van der Waals surface area contributed by atoms with Gasteiger partial charge in [0, 0.05) is 11.6 Å². The number of thiophene rings is 1. The monoisotopic (exact) mass is 365 g/mol. The molecule has 23 heavy (non-hydrogen) atoms. The van der Waals surface area contributed by atoms with Crippen molar-refractivity contribution in [1.29, 1.82) is 0 Å². The van der Waals surface area contributed by atoms with Crippen LogP contribution in [0.15, 0.2) is 24.3 Å². The van der Waals surface area contributed by atoms with E-state index in [1.807, 2.05) is 18.2 Å². The molecular weight excluding hydrogens is 353 g/mol. The predicted octanol–water partition coefficient (Wildman–Crippen LogP) is 5.45. The van der Waals surface area contributed by atoms with Crippen LogP contribution in [0.2, 0.25) is 8.67 Å². The summed E-state index contributed by atoms with van der Waals surface area (Å²) in [6.45, 7) is 0. The van der Waals surface area contributed by atoms with E-state index >= 15 is 0 Å². The van der Waals surface area contributed by atoms with Crippen LogP contribution in [-0.2, 0) is 0 Å². The molecule has 118 valence electrons. The van der Waals surface area contributed by atoms with Crippen molar-refractivity contribution in [3.8, 4) is 0 Å². The second-order valence-corrected chi connectivity index (χ2v) is 7.96. The summed E-state index contributed by atoms with van der Waals surface area (Å²) in [5, 5.41) is 2.85. The predicted molar refractivity (Wildman–Crippen MR) is 95.0 cm³/mol. The highest BCUT2D eigenvalue weighted by atomic mass is 35.5. The molecule has 0 aliphatic heterocycles. The normalized spacial score (nSPS) is 14.9. The molecule has 3 aromatic rings. The standard InChI is InChI=1S/C16H13Cl2N3OS/c17-13-7-10(14(18)23-13)16(22)19-9-4-5-11-12(6-9)21-15(20-11)8-2-1-3-8/h4-8H,1-3H2,(H,19,22)(H,20,21). The summed E-state index contributed by atoms with van der Waals surface area (Å²) >= 11 is 13.1. The number of nitrogens with one attached hydrogen (secondary N) is 2. The lowest BCUT2D eigenvalue weighted by Gasteiger charge is -2.22. The molecule has 1 aromatic carbocycles. The van der Waals surface area contributed by atoms with Crippen molar-refractivity contribution in [2.24, 2.45) is 0 Å². The molecule has 1 aliphatic rings. The van der Waals surface area contributed by atoms with Crippen molar-refractivity contribution in [1.82, 2.24) is 9.97 Å². The summed E-state index contributed by atoms with van der Waals surface area (Å²) in [5.41, 5.74) is 2.94. The first-order chi connectivity index (χ1) is 11.1. The SMILES string of the molecule is O=C(Nc1ccc2nc(C3CCC3)[nH]c2c1)c1cc(Cl)sc1Cl. The summed E-state index contributed by atoms with van der Waals surface area (Å²) in [6, 6.07) is 7.22. The highest BCUT2D eigenvalue weighted by molar-refractivity contribution is 7.20. The van der Waals surface area contributed by atoms with Crippen molar-refractivity contribution in [3.05, 3.63) is 44.3 Å². The number of aromatic amines is 1. The number of hydrogen-bond acceptors (Lipinski definition) is 3. The summed E-state index contributed by atoms with van der Waals surface area (Å²) in [7, 11) is 0. The zero-order valence-corrected chi connectivity index (χ0v) is 14.4. The van der Waals surface area contributed by atoms with Gasteiger partial charge in [0.1, 0.15) is 10.2 Å². The Morgan fingerprint density at radius 1 is 1.30 bits per heavy atom. The van der Waals surface area contributed by atoms with E-state index in [0.717, 1.165) is 16.9 Å². The van der Waals surface area contributed by atoms with Gasteiger partial charge in [-0.2, -0.15) is 0 Å². The first-order valence-electron chi connectivity index (χ1n) is 7.36. The molecule has 1 amide bonds. The highest BCUT2D eigenvalue weighted by Gasteiger charge is 2.22. The first-order valence-corrected chi connectivity index (χ1v) is 8.93. The third-order valence-electron chi connectivity index (χ3n) is 4.15. The lowest BCUT2D eigenvalue weighted by atomic mass is 9.85. The van der Waals surface area contributed by atoms with Gasteiger partial charge in [-0.3, -0.25) is 4.79 Å². The number of imidazole rings is 1. The Hall–Kier alpha value is -1.56. The highest BCUT2D eigenvalue weighted by Crippen LogP contribution is 2.36. The zero-order valence-electron chi connectivity index (χ0n) is 12.0. The molecule has 2 heterocycles. The number of carbonyl (C=O) groups excluding carboxylic acids is 1. The van der Waals surface area contributed by atoms with Crippen molar-refractivity contribution in [2.45, 2.75) is 25.2 Å². The summed E-state index contributed by atoms with van der Waals surface area (Å²) in [5.74, 6) is 1.32. The minimum absolute atomic E-state index is 0.267. The molecule has 0 saturated heterocycles. The Labute approximate surface area is 146 Å². The number of halogens is 2. The Kier molecular flexibility index (Phi) is 3.79. The topological polar surface area (TPSA) is 57.8 Å². The first kappa shape index (κ1) is 15.0. The number of anilines is 1. The molecule has 0 unspecified atom stereocenters. The van der Waals surface area contributed by atoms with Crippen LogP contribution in [0, 0.1) is 0 Å². The van der Waals surface area contributed by atoms with Crippen molar-refractivity contribution < 1.29 is 4.79 Å². The van der Waals surface area contributed by atoms with Crippen LogP contribution in [0.1, 0.15) is 41.4 Å². The van der Waals surface area contributed by atoms with E-state index in [0.29, 0.717) is 25.8 Å². The van der Waals surface area contributed by atoms with Gasteiger partial charge in [0.05, 0.1) is 20.9 Å². The van der Waals surface area contributed by atoms with Crippen LogP contribution in [-0.4, -0.2) is 15.9 Å². The smallest absolute Gasteiger partial charge is 0.258 e. The van der Waals surface area contributed by atoms with Crippen LogP contribution < -0.4 is 5.32 Å². The van der Waals surface area contributed by atoms with Crippen LogP contribution in [0.5, 0.6) is 0 Å². The largest absolute Gasteiger partial charge is 0.342 e. The zero-order chi connectivity index (χ0) is 16.0. The van der Waals surface area contributed by atoms with E-state index in [4.69, 9.17) is 23.2 Å². The van der Waals surface area contributed by atoms with E-state index in [1.165, 1.54) is 30.6 Å². The van der Waals surface area contributed by atoms with Gasteiger partial charge in [-0.1, -0.05) is 29.6 Å². The molecule has 4 nitrogen and oxygen atoms in total. The third-order valence-corrected chi connectivity index (χ3v) is 5.64. The molecule has 7 heteroatoms. The number of carbonyl (C=O) groups is 1. The van der Waals surface area contributed by atoms with E-state index in [-0.39, 0.29) is 5.91 Å². The lowest BCUT2D eigenvalue weighted by molar-refractivity contribution is 0.102. The Bertz CT molecular complexity index is 898. The van der Waals surface area contributed by atoms with Crippen LogP contribution in [0.3, 0.4) is 0 Å². The number of H-pyrrole nitrogens is 1. The maximum absolute atomic E-state index is 12.3. The summed E-state index contributed by atoms with van der Waals surface area (Å²) in [4.78, 5) is 20.3. The van der Waals surface area contributed by atoms with E-state index < -0.39 is 0 Å². The Morgan fingerprint density at radius 3 is 2.78 bits per heavy atom. The fraction of sp³-hybridized carbons (Fsp3) is 0.250. The Balaban J connectivity index is 1.58. The maximum atomic E-state index is 12.3. The molecule has 0 spiro atoms. The number of amides is 1. The molecule has 1 fully saturated rings. The summed E-state index contributed by atoms with van der Waals surface area (Å²) < 4.78 is 0.886. The average Bonchev–Trinajstić information content (AvgIpc) is 2.99. The molecule has 2 N–H and O–H groups in total. The molecule has 1 saturated carbocycles. The molecule has 1 aliphatic carbocycles. The number of fused-ring (bicyclic) bond motifs is 1. The van der Waals surface area contributed by atoms with Gasteiger partial charge in [-0.15, -0.1) is 11.3 Å². The number of aromatic nitrogens is 2. The molecule has 0 bridgehead atoms. The van der Waals surface area contributed by atoms with E-state index in [9.17, 15) is 4.79 Å². The van der Waals surface area contributed by atoms with Crippen LogP contribution in [0.25, 0.3) is 11.0 Å². The van der Waals surface area contributed by atoms with Gasteiger partial charge in [0.25, 0.3) is 5.91 Å². The van der Waals surface area contributed by atoms with Gasteiger partial charge < -0.3 is 10.3 Å². The fourth-order valence-corrected chi connectivity index (χ4v) is 4.13. The van der Waals surface area contributed by atoms with Gasteiger partial charge in [-0.05, 0) is 37.1 Å². The summed E-state index contributed by atoms with van der Waals surface area (Å²) in [6.07, 6.45) is 3.66. The Morgan fingerprint density at radius 2 is 2.13 bits per heavy atom. The molecule has 0 atom stereocenters. The number of rotatable bonds is 3. The van der Waals surface area contributed by atoms with Crippen LogP contribution >= 0.6 is 34.5 Å². The van der Waals surface area contributed by atoms with Gasteiger partial charge in [-0.25, -0.2) is 4.98 Å². The molecular formula is C16H13Cl2N3OS. The van der Waals surface area contributed by atoms with E-state index in [1.54, 1.807) is 6.07 Å². The number of nitrogens with zero attached hydrogens (tertiary/aromatic N) is 1. The van der Waals surface area contributed by atoms with Gasteiger partial charge >= 0.3 is 0 Å². The van der Waals surface area contributed by atoms with Crippen molar-refractivity contribution >= 4 is 57.2 Å². The number of hydrogen-bond donors (Lipinski definition) is 2. The minimum Gasteiger partial charge on any atom is -0.342 e. The van der Waals surface area contributed by atoms with Crippen molar-refractivity contribution in [2.75, 3.05) is 5.32 Å².